The predicted molar refractivity (Wildman–Crippen MR) is 104 cm³/mol. The largest absolute Gasteiger partial charge is 0.240 e. The molecule has 0 aliphatic carbocycles. The summed E-state index contributed by atoms with van der Waals surface area (Å²) in [5.41, 5.74) is 3.26. The van der Waals surface area contributed by atoms with Crippen LogP contribution in [-0.4, -0.2) is 18.2 Å². The summed E-state index contributed by atoms with van der Waals surface area (Å²) in [7, 11) is 0. The minimum Gasteiger partial charge on any atom is -0.211 e. The Kier molecular flexibility index (Phi) is 5.94. The molecule has 0 amide bonds. The van der Waals surface area contributed by atoms with Crippen molar-refractivity contribution in [3.05, 3.63) is 89.5 Å². The highest BCUT2D eigenvalue weighted by Crippen LogP contribution is 2.43. The SMILES string of the molecule is O=C=Nc1ccccc1C(c1ccccc1N=C=O)c1ccccc1N=C=O. The van der Waals surface area contributed by atoms with Crippen LogP contribution >= 0.6 is 0 Å². The number of para-hydroxylation sites is 3. The standard InChI is InChI=1S/C22H13N3O3/c26-13-23-19-10-4-1-7-16(19)22(17-8-2-5-11-20(17)24-14-27)18-9-3-6-12-21(18)25-15-28/h1-12,22H. The van der Waals surface area contributed by atoms with Crippen LogP contribution in [-0.2, 0) is 14.4 Å². The third kappa shape index (κ3) is 3.80. The lowest BCUT2D eigenvalue weighted by atomic mass is 9.82. The molecule has 134 valence electrons. The highest BCUT2D eigenvalue weighted by atomic mass is 16.1. The monoisotopic (exact) mass is 367 g/mol. The lowest BCUT2D eigenvalue weighted by Crippen LogP contribution is -2.05. The van der Waals surface area contributed by atoms with Gasteiger partial charge in [-0.15, -0.1) is 0 Å². The van der Waals surface area contributed by atoms with E-state index in [1.807, 2.05) is 36.4 Å². The van der Waals surface area contributed by atoms with Crippen LogP contribution in [0.1, 0.15) is 22.6 Å². The molecule has 0 aliphatic heterocycles. The van der Waals surface area contributed by atoms with Gasteiger partial charge in [0.1, 0.15) is 0 Å². The van der Waals surface area contributed by atoms with Crippen LogP contribution in [0.2, 0.25) is 0 Å². The topological polar surface area (TPSA) is 88.3 Å². The van der Waals surface area contributed by atoms with Gasteiger partial charge in [-0.25, -0.2) is 14.4 Å². The minimum atomic E-state index is -0.505. The average molecular weight is 367 g/mol. The Morgan fingerprint density at radius 3 is 1.07 bits per heavy atom. The number of isocyanates is 3. The van der Waals surface area contributed by atoms with Crippen LogP contribution < -0.4 is 0 Å². The van der Waals surface area contributed by atoms with E-state index < -0.39 is 5.92 Å². The van der Waals surface area contributed by atoms with E-state index in [1.165, 1.54) is 0 Å². The van der Waals surface area contributed by atoms with Crippen molar-refractivity contribution in [3.63, 3.8) is 0 Å². The molecule has 0 fully saturated rings. The molecule has 0 atom stereocenters. The van der Waals surface area contributed by atoms with E-state index in [2.05, 4.69) is 15.0 Å². The quantitative estimate of drug-likeness (QED) is 0.357. The summed E-state index contributed by atoms with van der Waals surface area (Å²) in [6, 6.07) is 21.2. The summed E-state index contributed by atoms with van der Waals surface area (Å²) >= 11 is 0. The first-order valence-electron chi connectivity index (χ1n) is 8.30. The number of benzene rings is 3. The Hall–Kier alpha value is -4.20. The Bertz CT molecular complexity index is 1010. The summed E-state index contributed by atoms with van der Waals surface area (Å²) in [4.78, 5) is 44.2. The smallest absolute Gasteiger partial charge is 0.211 e. The minimum absolute atomic E-state index is 0.414. The van der Waals surface area contributed by atoms with Gasteiger partial charge in [-0.2, -0.15) is 15.0 Å². The van der Waals surface area contributed by atoms with Crippen molar-refractivity contribution in [2.75, 3.05) is 0 Å². The van der Waals surface area contributed by atoms with Gasteiger partial charge < -0.3 is 0 Å². The summed E-state index contributed by atoms with van der Waals surface area (Å²) in [6.07, 6.45) is 4.70. The van der Waals surface area contributed by atoms with Crippen molar-refractivity contribution in [2.24, 2.45) is 15.0 Å². The molecular weight excluding hydrogens is 354 g/mol. The summed E-state index contributed by atoms with van der Waals surface area (Å²) in [5.74, 6) is -0.505. The first kappa shape index (κ1) is 18.6. The molecule has 0 bridgehead atoms. The lowest BCUT2D eigenvalue weighted by Gasteiger charge is -2.22. The zero-order valence-electron chi connectivity index (χ0n) is 14.6. The molecule has 3 aromatic rings. The zero-order chi connectivity index (χ0) is 19.8. The van der Waals surface area contributed by atoms with Gasteiger partial charge >= 0.3 is 0 Å². The average Bonchev–Trinajstić information content (AvgIpc) is 2.72. The third-order valence-corrected chi connectivity index (χ3v) is 4.24. The van der Waals surface area contributed by atoms with Crippen LogP contribution in [0.25, 0.3) is 0 Å². The molecule has 0 N–H and O–H groups in total. The van der Waals surface area contributed by atoms with Crippen LogP contribution in [0.15, 0.2) is 87.8 Å². The van der Waals surface area contributed by atoms with Crippen LogP contribution in [0, 0.1) is 0 Å². The number of nitrogens with zero attached hydrogens (tertiary/aromatic N) is 3. The van der Waals surface area contributed by atoms with Gasteiger partial charge in [-0.1, -0.05) is 54.6 Å². The maximum Gasteiger partial charge on any atom is 0.240 e. The molecule has 3 rings (SSSR count). The van der Waals surface area contributed by atoms with Crippen molar-refractivity contribution in [3.8, 4) is 0 Å². The number of carbonyl (C=O) groups excluding carboxylic acids is 3. The van der Waals surface area contributed by atoms with Gasteiger partial charge in [0, 0.05) is 5.92 Å². The van der Waals surface area contributed by atoms with E-state index in [0.717, 1.165) is 0 Å². The van der Waals surface area contributed by atoms with E-state index in [4.69, 9.17) is 0 Å². The van der Waals surface area contributed by atoms with Crippen molar-refractivity contribution in [2.45, 2.75) is 5.92 Å². The van der Waals surface area contributed by atoms with Crippen LogP contribution in [0.4, 0.5) is 17.1 Å². The molecule has 0 saturated carbocycles. The first-order valence-corrected chi connectivity index (χ1v) is 8.30. The second-order valence-corrected chi connectivity index (χ2v) is 5.72. The highest BCUT2D eigenvalue weighted by molar-refractivity contribution is 5.68. The van der Waals surface area contributed by atoms with Crippen LogP contribution in [0.3, 0.4) is 0 Å². The molecule has 3 aromatic carbocycles. The molecule has 6 heteroatoms. The fraction of sp³-hybridized carbons (Fsp3) is 0.0455. The molecule has 28 heavy (non-hydrogen) atoms. The molecule has 0 heterocycles. The van der Waals surface area contributed by atoms with Gasteiger partial charge in [0.05, 0.1) is 17.1 Å². The van der Waals surface area contributed by atoms with E-state index in [-0.39, 0.29) is 0 Å². The zero-order valence-corrected chi connectivity index (χ0v) is 14.6. The summed E-state index contributed by atoms with van der Waals surface area (Å²) in [5, 5.41) is 0. The Labute approximate surface area is 160 Å². The molecule has 0 spiro atoms. The molecule has 0 unspecified atom stereocenters. The van der Waals surface area contributed by atoms with Crippen LogP contribution in [0.5, 0.6) is 0 Å². The van der Waals surface area contributed by atoms with E-state index in [1.54, 1.807) is 54.6 Å². The molecule has 0 aliphatic rings. The third-order valence-electron chi connectivity index (χ3n) is 4.24. The Morgan fingerprint density at radius 1 is 0.500 bits per heavy atom. The Morgan fingerprint density at radius 2 is 0.786 bits per heavy atom. The number of rotatable bonds is 6. The van der Waals surface area contributed by atoms with E-state index in [9.17, 15) is 14.4 Å². The molecule has 0 saturated heterocycles. The normalized spacial score (nSPS) is 10.7. The second-order valence-electron chi connectivity index (χ2n) is 5.72. The lowest BCUT2D eigenvalue weighted by molar-refractivity contribution is 0.564. The molecular formula is C22H13N3O3. The van der Waals surface area contributed by atoms with Crippen molar-refractivity contribution < 1.29 is 14.4 Å². The summed E-state index contributed by atoms with van der Waals surface area (Å²) < 4.78 is 0. The van der Waals surface area contributed by atoms with Gasteiger partial charge in [-0.3, -0.25) is 0 Å². The maximum absolute atomic E-state index is 10.9. The van der Waals surface area contributed by atoms with Gasteiger partial charge in [0.15, 0.2) is 0 Å². The molecule has 0 aromatic heterocycles. The first-order chi connectivity index (χ1) is 13.8. The fourth-order valence-electron chi connectivity index (χ4n) is 3.15. The maximum atomic E-state index is 10.9. The Balaban J connectivity index is 2.39. The summed E-state index contributed by atoms with van der Waals surface area (Å²) in [6.45, 7) is 0. The van der Waals surface area contributed by atoms with Crippen molar-refractivity contribution >= 4 is 35.3 Å². The van der Waals surface area contributed by atoms with Gasteiger partial charge in [0.25, 0.3) is 0 Å². The van der Waals surface area contributed by atoms with E-state index in [0.29, 0.717) is 33.8 Å². The fourth-order valence-corrected chi connectivity index (χ4v) is 3.15. The van der Waals surface area contributed by atoms with Crippen molar-refractivity contribution in [1.82, 2.24) is 0 Å². The van der Waals surface area contributed by atoms with Gasteiger partial charge in [0.2, 0.25) is 18.2 Å². The molecule has 6 nitrogen and oxygen atoms in total. The number of hydrogen-bond donors (Lipinski definition) is 0. The highest BCUT2D eigenvalue weighted by Gasteiger charge is 2.24. The number of aliphatic imine (C=N–C) groups is 3. The molecule has 0 radical (unpaired) electrons. The number of hydrogen-bond acceptors (Lipinski definition) is 6. The van der Waals surface area contributed by atoms with E-state index >= 15 is 0 Å². The van der Waals surface area contributed by atoms with Crippen molar-refractivity contribution in [1.29, 1.82) is 0 Å². The predicted octanol–water partition coefficient (Wildman–Crippen LogP) is 4.77. The van der Waals surface area contributed by atoms with Gasteiger partial charge in [-0.05, 0) is 34.9 Å². The second kappa shape index (κ2) is 8.95.